The molecule has 0 saturated carbocycles. The largest absolute Gasteiger partial charge is 0.505 e. The van der Waals surface area contributed by atoms with Crippen molar-refractivity contribution in [2.24, 2.45) is 0 Å². The quantitative estimate of drug-likeness (QED) is 0.796. The maximum atomic E-state index is 13.8. The van der Waals surface area contributed by atoms with Crippen LogP contribution in [0.25, 0.3) is 11.1 Å². The Kier molecular flexibility index (Phi) is 3.87. The topological polar surface area (TPSA) is 38.1 Å². The molecule has 0 aliphatic rings. The van der Waals surface area contributed by atoms with Gasteiger partial charge in [-0.25, -0.2) is 4.39 Å². The predicted octanol–water partition coefficient (Wildman–Crippen LogP) is 3.78. The van der Waals surface area contributed by atoms with Gasteiger partial charge in [0.2, 0.25) is 5.82 Å². The fraction of sp³-hybridized carbons (Fsp3) is 0.118. The molecule has 3 aromatic rings. The average molecular weight is 300 g/mol. The number of halogens is 2. The van der Waals surface area contributed by atoms with E-state index in [1.807, 2.05) is 30.3 Å². The molecule has 2 aromatic carbocycles. The van der Waals surface area contributed by atoms with Crippen molar-refractivity contribution < 1.29 is 13.9 Å². The van der Waals surface area contributed by atoms with Crippen LogP contribution in [0.5, 0.6) is 5.75 Å². The second-order valence-electron chi connectivity index (χ2n) is 4.99. The third kappa shape index (κ3) is 2.83. The molecular weight excluding hydrogens is 286 g/mol. The van der Waals surface area contributed by atoms with Gasteiger partial charge in [0.05, 0.1) is 6.20 Å². The van der Waals surface area contributed by atoms with E-state index in [1.165, 1.54) is 17.8 Å². The number of nitrogens with zero attached hydrogens (tertiary/aromatic N) is 2. The van der Waals surface area contributed by atoms with Crippen LogP contribution < -0.4 is 0 Å². The van der Waals surface area contributed by atoms with Gasteiger partial charge in [-0.2, -0.15) is 9.49 Å². The molecule has 0 aliphatic heterocycles. The minimum absolute atomic E-state index is 0.0845. The van der Waals surface area contributed by atoms with Gasteiger partial charge >= 0.3 is 0 Å². The van der Waals surface area contributed by atoms with E-state index in [4.69, 9.17) is 5.11 Å². The van der Waals surface area contributed by atoms with Crippen molar-refractivity contribution in [1.82, 2.24) is 9.78 Å². The Morgan fingerprint density at radius 3 is 2.55 bits per heavy atom. The van der Waals surface area contributed by atoms with Crippen LogP contribution >= 0.6 is 0 Å². The van der Waals surface area contributed by atoms with Crippen LogP contribution in [0.4, 0.5) is 8.78 Å². The van der Waals surface area contributed by atoms with Crippen molar-refractivity contribution in [1.29, 1.82) is 0 Å². The number of benzene rings is 2. The highest BCUT2D eigenvalue weighted by Crippen LogP contribution is 2.28. The maximum Gasteiger partial charge on any atom is 0.200 e. The van der Waals surface area contributed by atoms with Gasteiger partial charge in [0.15, 0.2) is 11.6 Å². The summed E-state index contributed by atoms with van der Waals surface area (Å²) in [4.78, 5) is 0. The van der Waals surface area contributed by atoms with E-state index in [9.17, 15) is 8.78 Å². The standard InChI is InChI=1S/C17H14F2N2O/c18-16-14(6-7-15(22)17(16)19)13-10-20-21(11-13)9-8-12-4-2-1-3-5-12/h1-7,10-11,22H,8-9H2. The van der Waals surface area contributed by atoms with Gasteiger partial charge in [-0.1, -0.05) is 30.3 Å². The first kappa shape index (κ1) is 14.3. The summed E-state index contributed by atoms with van der Waals surface area (Å²) in [5, 5.41) is 13.3. The molecule has 22 heavy (non-hydrogen) atoms. The van der Waals surface area contributed by atoms with Crippen LogP contribution in [-0.4, -0.2) is 14.9 Å². The molecular formula is C17H14F2N2O. The maximum absolute atomic E-state index is 13.8. The molecule has 112 valence electrons. The summed E-state index contributed by atoms with van der Waals surface area (Å²) in [6, 6.07) is 12.4. The first-order valence-electron chi connectivity index (χ1n) is 6.89. The Morgan fingerprint density at radius 1 is 1.00 bits per heavy atom. The van der Waals surface area contributed by atoms with Crippen LogP contribution in [0.2, 0.25) is 0 Å². The summed E-state index contributed by atoms with van der Waals surface area (Å²) in [6.07, 6.45) is 3.95. The third-order valence-electron chi connectivity index (χ3n) is 3.48. The first-order valence-corrected chi connectivity index (χ1v) is 6.89. The summed E-state index contributed by atoms with van der Waals surface area (Å²) >= 11 is 0. The Labute approximate surface area is 126 Å². The van der Waals surface area contributed by atoms with E-state index in [0.29, 0.717) is 12.1 Å². The summed E-state index contributed by atoms with van der Waals surface area (Å²) in [6.45, 7) is 0.645. The van der Waals surface area contributed by atoms with Crippen molar-refractivity contribution in [3.8, 4) is 16.9 Å². The second kappa shape index (κ2) is 5.97. The molecule has 5 heteroatoms. The van der Waals surface area contributed by atoms with Gasteiger partial charge in [-0.05, 0) is 24.1 Å². The van der Waals surface area contributed by atoms with E-state index < -0.39 is 17.4 Å². The average Bonchev–Trinajstić information content (AvgIpc) is 3.00. The molecule has 0 fully saturated rings. The lowest BCUT2D eigenvalue weighted by Crippen LogP contribution is -2.01. The lowest BCUT2D eigenvalue weighted by Gasteiger charge is -2.03. The Balaban J connectivity index is 1.78. The van der Waals surface area contributed by atoms with Crippen molar-refractivity contribution in [3.63, 3.8) is 0 Å². The molecule has 1 N–H and O–H groups in total. The number of rotatable bonds is 4. The SMILES string of the molecule is Oc1ccc(-c2cnn(CCc3ccccc3)c2)c(F)c1F. The zero-order valence-electron chi connectivity index (χ0n) is 11.7. The zero-order chi connectivity index (χ0) is 15.5. The van der Waals surface area contributed by atoms with Gasteiger partial charge in [-0.3, -0.25) is 4.68 Å². The molecule has 0 aliphatic carbocycles. The lowest BCUT2D eigenvalue weighted by atomic mass is 10.1. The van der Waals surface area contributed by atoms with Gasteiger partial charge < -0.3 is 5.11 Å². The Bertz CT molecular complexity index is 785. The Morgan fingerprint density at radius 2 is 1.77 bits per heavy atom. The monoisotopic (exact) mass is 300 g/mol. The van der Waals surface area contributed by atoms with Crippen LogP contribution in [0, 0.1) is 11.6 Å². The zero-order valence-corrected chi connectivity index (χ0v) is 11.7. The fourth-order valence-electron chi connectivity index (χ4n) is 2.28. The van der Waals surface area contributed by atoms with Gasteiger partial charge in [0, 0.05) is 23.9 Å². The molecule has 0 amide bonds. The minimum atomic E-state index is -1.24. The number of hydrogen-bond donors (Lipinski definition) is 1. The number of phenolic OH excluding ortho intramolecular Hbond substituents is 1. The molecule has 3 rings (SSSR count). The molecule has 0 spiro atoms. The summed E-state index contributed by atoms with van der Waals surface area (Å²) in [5.41, 5.74) is 1.74. The van der Waals surface area contributed by atoms with E-state index in [2.05, 4.69) is 5.10 Å². The molecule has 0 bridgehead atoms. The molecule has 0 unspecified atom stereocenters. The van der Waals surface area contributed by atoms with E-state index in [0.717, 1.165) is 12.5 Å². The van der Waals surface area contributed by atoms with Crippen molar-refractivity contribution in [3.05, 3.63) is 72.1 Å². The van der Waals surface area contributed by atoms with Crippen LogP contribution in [0.15, 0.2) is 54.9 Å². The molecule has 0 saturated heterocycles. The number of aromatic nitrogens is 2. The normalized spacial score (nSPS) is 10.8. The Hall–Kier alpha value is -2.69. The first-order chi connectivity index (χ1) is 10.6. The highest BCUT2D eigenvalue weighted by molar-refractivity contribution is 5.63. The number of aromatic hydroxyl groups is 1. The number of phenols is 1. The lowest BCUT2D eigenvalue weighted by molar-refractivity contribution is 0.408. The van der Waals surface area contributed by atoms with Crippen molar-refractivity contribution in [2.45, 2.75) is 13.0 Å². The van der Waals surface area contributed by atoms with Crippen LogP contribution in [0.3, 0.4) is 0 Å². The highest BCUT2D eigenvalue weighted by atomic mass is 19.2. The second-order valence-corrected chi connectivity index (χ2v) is 4.99. The number of aryl methyl sites for hydroxylation is 2. The minimum Gasteiger partial charge on any atom is -0.505 e. The van der Waals surface area contributed by atoms with E-state index in [1.54, 1.807) is 10.9 Å². The summed E-state index contributed by atoms with van der Waals surface area (Å²) < 4.78 is 28.9. The van der Waals surface area contributed by atoms with Crippen molar-refractivity contribution in [2.75, 3.05) is 0 Å². The summed E-state index contributed by atoms with van der Waals surface area (Å²) in [5.74, 6) is -3.00. The van der Waals surface area contributed by atoms with Crippen LogP contribution in [-0.2, 0) is 13.0 Å². The third-order valence-corrected chi connectivity index (χ3v) is 3.48. The van der Waals surface area contributed by atoms with Gasteiger partial charge in [0.1, 0.15) is 0 Å². The molecule has 0 atom stereocenters. The summed E-state index contributed by atoms with van der Waals surface area (Å²) in [7, 11) is 0. The smallest absolute Gasteiger partial charge is 0.200 e. The van der Waals surface area contributed by atoms with Crippen molar-refractivity contribution >= 4 is 0 Å². The molecule has 0 radical (unpaired) electrons. The van der Waals surface area contributed by atoms with Gasteiger partial charge in [0.25, 0.3) is 0 Å². The molecule has 1 aromatic heterocycles. The number of hydrogen-bond acceptors (Lipinski definition) is 2. The van der Waals surface area contributed by atoms with E-state index in [-0.39, 0.29) is 5.56 Å². The van der Waals surface area contributed by atoms with Gasteiger partial charge in [-0.15, -0.1) is 0 Å². The fourth-order valence-corrected chi connectivity index (χ4v) is 2.28. The molecule has 3 nitrogen and oxygen atoms in total. The van der Waals surface area contributed by atoms with E-state index >= 15 is 0 Å². The molecule has 1 heterocycles. The highest BCUT2D eigenvalue weighted by Gasteiger charge is 2.15. The predicted molar refractivity (Wildman–Crippen MR) is 79.4 cm³/mol. The van der Waals surface area contributed by atoms with Crippen LogP contribution in [0.1, 0.15) is 5.56 Å².